The minimum Gasteiger partial charge on any atom is -0.356 e. The molecular formula is C19H25N5OS. The van der Waals surface area contributed by atoms with Crippen molar-refractivity contribution < 1.29 is 4.79 Å². The van der Waals surface area contributed by atoms with Gasteiger partial charge in [0.25, 0.3) is 5.91 Å². The molecule has 2 aliphatic rings. The fourth-order valence-corrected chi connectivity index (χ4v) is 4.47. The molecule has 0 radical (unpaired) electrons. The lowest BCUT2D eigenvalue weighted by atomic mass is 10.0. The largest absolute Gasteiger partial charge is 0.356 e. The van der Waals surface area contributed by atoms with Crippen LogP contribution in [0.2, 0.25) is 0 Å². The molecule has 0 bridgehead atoms. The van der Waals surface area contributed by atoms with E-state index < -0.39 is 0 Å². The predicted molar refractivity (Wildman–Crippen MR) is 105 cm³/mol. The van der Waals surface area contributed by atoms with Crippen LogP contribution in [0.4, 0.5) is 11.6 Å². The van der Waals surface area contributed by atoms with E-state index >= 15 is 0 Å². The molecule has 0 saturated carbocycles. The first kappa shape index (κ1) is 17.3. The normalized spacial score (nSPS) is 18.3. The van der Waals surface area contributed by atoms with E-state index in [0.29, 0.717) is 0 Å². The van der Waals surface area contributed by atoms with Gasteiger partial charge in [0.1, 0.15) is 18.0 Å². The minimum absolute atomic E-state index is 0.0555. The minimum atomic E-state index is 0.0555. The van der Waals surface area contributed by atoms with Crippen molar-refractivity contribution in [1.29, 1.82) is 0 Å². The van der Waals surface area contributed by atoms with Crippen LogP contribution in [0.5, 0.6) is 0 Å². The molecule has 2 fully saturated rings. The van der Waals surface area contributed by atoms with E-state index in [1.807, 2.05) is 19.1 Å². The topological polar surface area (TPSA) is 61.4 Å². The van der Waals surface area contributed by atoms with Crippen molar-refractivity contribution in [1.82, 2.24) is 15.3 Å². The van der Waals surface area contributed by atoms with Gasteiger partial charge in [0.15, 0.2) is 0 Å². The van der Waals surface area contributed by atoms with Crippen LogP contribution < -0.4 is 15.1 Å². The summed E-state index contributed by atoms with van der Waals surface area (Å²) in [7, 11) is 0. The third-order valence-electron chi connectivity index (χ3n) is 5.19. The first-order valence-corrected chi connectivity index (χ1v) is 10.2. The zero-order chi connectivity index (χ0) is 17.9. The number of hydrogen-bond acceptors (Lipinski definition) is 6. The molecule has 0 unspecified atom stereocenters. The van der Waals surface area contributed by atoms with E-state index in [1.165, 1.54) is 17.7 Å². The summed E-state index contributed by atoms with van der Waals surface area (Å²) in [6.45, 7) is 6.02. The Labute approximate surface area is 158 Å². The molecule has 2 aromatic rings. The molecule has 26 heavy (non-hydrogen) atoms. The number of hydrogen-bond donors (Lipinski definition) is 1. The predicted octanol–water partition coefficient (Wildman–Crippen LogP) is 2.85. The van der Waals surface area contributed by atoms with Crippen molar-refractivity contribution in [3.63, 3.8) is 0 Å². The van der Waals surface area contributed by atoms with Gasteiger partial charge in [0.05, 0.1) is 4.88 Å². The van der Waals surface area contributed by atoms with E-state index in [-0.39, 0.29) is 11.9 Å². The number of carbonyl (C=O) groups is 1. The number of anilines is 2. The highest BCUT2D eigenvalue weighted by molar-refractivity contribution is 7.13. The summed E-state index contributed by atoms with van der Waals surface area (Å²) in [4.78, 5) is 27.9. The van der Waals surface area contributed by atoms with E-state index in [2.05, 4.69) is 31.2 Å². The average Bonchev–Trinajstić information content (AvgIpc) is 3.34. The van der Waals surface area contributed by atoms with Gasteiger partial charge in [0.2, 0.25) is 0 Å². The summed E-state index contributed by atoms with van der Waals surface area (Å²) in [5.41, 5.74) is 0. The number of nitrogens with zero attached hydrogens (tertiary/aromatic N) is 4. The fourth-order valence-electron chi connectivity index (χ4n) is 3.70. The Morgan fingerprint density at radius 3 is 2.35 bits per heavy atom. The molecule has 6 nitrogen and oxygen atoms in total. The molecule has 2 saturated heterocycles. The molecule has 1 N–H and O–H groups in total. The maximum atomic E-state index is 12.3. The van der Waals surface area contributed by atoms with Gasteiger partial charge in [-0.15, -0.1) is 11.3 Å². The quantitative estimate of drug-likeness (QED) is 0.895. The molecule has 0 aromatic carbocycles. The first-order valence-electron chi connectivity index (χ1n) is 9.38. The average molecular weight is 372 g/mol. The van der Waals surface area contributed by atoms with E-state index in [1.54, 1.807) is 17.7 Å². The summed E-state index contributed by atoms with van der Waals surface area (Å²) in [5.74, 6) is 2.09. The van der Waals surface area contributed by atoms with Crippen LogP contribution in [0.1, 0.15) is 40.2 Å². The Morgan fingerprint density at radius 2 is 1.73 bits per heavy atom. The van der Waals surface area contributed by atoms with Gasteiger partial charge in [0, 0.05) is 43.2 Å². The summed E-state index contributed by atoms with van der Waals surface area (Å²) in [5, 5.41) is 3.18. The zero-order valence-electron chi connectivity index (χ0n) is 15.1. The summed E-state index contributed by atoms with van der Waals surface area (Å²) in [6, 6.07) is 6.25. The van der Waals surface area contributed by atoms with Crippen molar-refractivity contribution in [2.45, 2.75) is 38.6 Å². The van der Waals surface area contributed by atoms with Crippen LogP contribution >= 0.6 is 11.3 Å². The Bertz CT molecular complexity index is 763. The zero-order valence-corrected chi connectivity index (χ0v) is 16.0. The summed E-state index contributed by atoms with van der Waals surface area (Å²) < 4.78 is 0. The third kappa shape index (κ3) is 3.82. The highest BCUT2D eigenvalue weighted by Gasteiger charge is 2.23. The lowest BCUT2D eigenvalue weighted by molar-refractivity contribution is 0.0935. The summed E-state index contributed by atoms with van der Waals surface area (Å²) in [6.07, 6.45) is 6.05. The number of nitrogens with one attached hydrogen (secondary N) is 1. The Morgan fingerprint density at radius 1 is 1.08 bits per heavy atom. The van der Waals surface area contributed by atoms with Gasteiger partial charge in [-0.2, -0.15) is 0 Å². The van der Waals surface area contributed by atoms with Gasteiger partial charge < -0.3 is 15.1 Å². The molecule has 2 aromatic heterocycles. The molecule has 4 rings (SSSR count). The van der Waals surface area contributed by atoms with Crippen LogP contribution in [0.15, 0.2) is 24.5 Å². The maximum absolute atomic E-state index is 12.3. The number of piperidine rings is 1. The Balaban J connectivity index is 1.33. The van der Waals surface area contributed by atoms with E-state index in [0.717, 1.165) is 55.5 Å². The van der Waals surface area contributed by atoms with Crippen LogP contribution in [0, 0.1) is 6.92 Å². The molecule has 0 spiro atoms. The van der Waals surface area contributed by atoms with Crippen LogP contribution in [-0.4, -0.2) is 48.1 Å². The van der Waals surface area contributed by atoms with Gasteiger partial charge in [-0.1, -0.05) is 0 Å². The van der Waals surface area contributed by atoms with Gasteiger partial charge in [-0.05, 0) is 44.7 Å². The van der Waals surface area contributed by atoms with Gasteiger partial charge >= 0.3 is 0 Å². The second kappa shape index (κ2) is 7.61. The molecule has 0 atom stereocenters. The van der Waals surface area contributed by atoms with Crippen molar-refractivity contribution in [3.8, 4) is 0 Å². The Hall–Kier alpha value is -2.15. The summed E-state index contributed by atoms with van der Waals surface area (Å²) >= 11 is 1.55. The fraction of sp³-hybridized carbons (Fsp3) is 0.526. The Kier molecular flexibility index (Phi) is 5.06. The van der Waals surface area contributed by atoms with E-state index in [9.17, 15) is 4.79 Å². The molecule has 138 valence electrons. The highest BCUT2D eigenvalue weighted by atomic mass is 32.1. The van der Waals surface area contributed by atoms with Crippen LogP contribution in [-0.2, 0) is 0 Å². The van der Waals surface area contributed by atoms with Crippen molar-refractivity contribution in [3.05, 3.63) is 34.3 Å². The van der Waals surface area contributed by atoms with Gasteiger partial charge in [-0.25, -0.2) is 9.97 Å². The maximum Gasteiger partial charge on any atom is 0.261 e. The number of rotatable bonds is 4. The number of carbonyl (C=O) groups excluding carboxylic acids is 1. The second-order valence-corrected chi connectivity index (χ2v) is 8.36. The number of thiophene rings is 1. The number of amides is 1. The molecule has 1 amide bonds. The lowest BCUT2D eigenvalue weighted by Gasteiger charge is -2.33. The third-order valence-corrected chi connectivity index (χ3v) is 6.19. The lowest BCUT2D eigenvalue weighted by Crippen LogP contribution is -2.44. The molecule has 0 aliphatic carbocycles. The molecule has 4 heterocycles. The molecule has 2 aliphatic heterocycles. The smallest absolute Gasteiger partial charge is 0.261 e. The monoisotopic (exact) mass is 371 g/mol. The molecule has 7 heteroatoms. The number of aromatic nitrogens is 2. The SMILES string of the molecule is Cc1ccc(C(=O)NC2CCN(c3cc(N4CCCC4)ncn3)CC2)s1. The van der Waals surface area contributed by atoms with E-state index in [4.69, 9.17) is 0 Å². The first-order chi connectivity index (χ1) is 12.7. The van der Waals surface area contributed by atoms with Crippen molar-refractivity contribution in [2.75, 3.05) is 36.0 Å². The standard InChI is InChI=1S/C19H25N5OS/c1-14-4-5-16(26-14)19(25)22-15-6-10-24(11-7-15)18-12-17(20-13-21-18)23-8-2-3-9-23/h4-5,12-13,15H,2-3,6-11H2,1H3,(H,22,25). The second-order valence-electron chi connectivity index (χ2n) is 7.07. The van der Waals surface area contributed by atoms with Crippen molar-refractivity contribution >= 4 is 28.9 Å². The van der Waals surface area contributed by atoms with Crippen LogP contribution in [0.25, 0.3) is 0 Å². The molecular weight excluding hydrogens is 346 g/mol. The van der Waals surface area contributed by atoms with Crippen LogP contribution in [0.3, 0.4) is 0 Å². The van der Waals surface area contributed by atoms with Crippen molar-refractivity contribution in [2.24, 2.45) is 0 Å². The number of aryl methyl sites for hydroxylation is 1. The highest BCUT2D eigenvalue weighted by Crippen LogP contribution is 2.24. The van der Waals surface area contributed by atoms with Gasteiger partial charge in [-0.3, -0.25) is 4.79 Å².